The number of carbonyl (C=O) groups is 1. The van der Waals surface area contributed by atoms with Gasteiger partial charge in [-0.15, -0.1) is 10.2 Å². The second-order valence-corrected chi connectivity index (χ2v) is 8.75. The topological polar surface area (TPSA) is 106 Å². The summed E-state index contributed by atoms with van der Waals surface area (Å²) >= 11 is 1.24. The Balaban J connectivity index is 1.40. The van der Waals surface area contributed by atoms with Gasteiger partial charge in [-0.25, -0.2) is 0 Å². The summed E-state index contributed by atoms with van der Waals surface area (Å²) < 4.78 is 16.8. The standard InChI is InChI=1S/C28H24N4O4S/c1-19-8-6-7-11-23(19)27-31-32-28(37-27)30-26(33)21(18-29)16-20-12-13-24(25(17-20)34-2)36-15-14-35-22-9-4-3-5-10-22/h3-13,16-17H,14-15H2,1-2H3,(H,30,32,33)/b21-16-. The van der Waals surface area contributed by atoms with Crippen LogP contribution in [0.4, 0.5) is 5.13 Å². The van der Waals surface area contributed by atoms with E-state index in [9.17, 15) is 10.1 Å². The molecule has 9 heteroatoms. The highest BCUT2D eigenvalue weighted by atomic mass is 32.1. The van der Waals surface area contributed by atoms with Crippen LogP contribution < -0.4 is 19.5 Å². The number of methoxy groups -OCH3 is 1. The van der Waals surface area contributed by atoms with Crippen LogP contribution >= 0.6 is 11.3 Å². The van der Waals surface area contributed by atoms with E-state index in [1.54, 1.807) is 18.2 Å². The second-order valence-electron chi connectivity index (χ2n) is 7.77. The number of nitriles is 1. The zero-order valence-electron chi connectivity index (χ0n) is 20.3. The van der Waals surface area contributed by atoms with Gasteiger partial charge < -0.3 is 14.2 Å². The van der Waals surface area contributed by atoms with Crippen molar-refractivity contribution in [3.05, 3.63) is 89.5 Å². The van der Waals surface area contributed by atoms with E-state index in [1.165, 1.54) is 24.5 Å². The average molecular weight is 513 g/mol. The molecule has 1 heterocycles. The van der Waals surface area contributed by atoms with Crippen LogP contribution in [-0.4, -0.2) is 36.4 Å². The van der Waals surface area contributed by atoms with Crippen LogP contribution in [0.15, 0.2) is 78.4 Å². The summed E-state index contributed by atoms with van der Waals surface area (Å²) in [6.07, 6.45) is 1.48. The maximum Gasteiger partial charge on any atom is 0.268 e. The van der Waals surface area contributed by atoms with Gasteiger partial charge in [0.25, 0.3) is 5.91 Å². The summed E-state index contributed by atoms with van der Waals surface area (Å²) in [5.74, 6) is 1.18. The number of ether oxygens (including phenoxy) is 3. The Morgan fingerprint density at radius 1 is 1.00 bits per heavy atom. The lowest BCUT2D eigenvalue weighted by Crippen LogP contribution is -2.13. The van der Waals surface area contributed by atoms with Gasteiger partial charge in [-0.3, -0.25) is 10.1 Å². The number of nitrogens with zero attached hydrogens (tertiary/aromatic N) is 3. The van der Waals surface area contributed by atoms with Crippen molar-refractivity contribution in [1.29, 1.82) is 5.26 Å². The maximum atomic E-state index is 12.7. The number of hydrogen-bond donors (Lipinski definition) is 1. The van der Waals surface area contributed by atoms with E-state index >= 15 is 0 Å². The zero-order valence-corrected chi connectivity index (χ0v) is 21.1. The largest absolute Gasteiger partial charge is 0.493 e. The number of aromatic nitrogens is 2. The van der Waals surface area contributed by atoms with E-state index in [-0.39, 0.29) is 5.57 Å². The number of carbonyl (C=O) groups excluding carboxylic acids is 1. The van der Waals surface area contributed by atoms with E-state index in [0.29, 0.717) is 40.4 Å². The lowest BCUT2D eigenvalue weighted by molar-refractivity contribution is -0.112. The third-order valence-electron chi connectivity index (χ3n) is 5.24. The van der Waals surface area contributed by atoms with Crippen LogP contribution in [0.2, 0.25) is 0 Å². The minimum absolute atomic E-state index is 0.0837. The van der Waals surface area contributed by atoms with Gasteiger partial charge in [0.05, 0.1) is 7.11 Å². The molecule has 0 bridgehead atoms. The maximum absolute atomic E-state index is 12.7. The molecule has 1 amide bonds. The molecule has 0 unspecified atom stereocenters. The number of amides is 1. The van der Waals surface area contributed by atoms with Crippen molar-refractivity contribution in [2.45, 2.75) is 6.92 Å². The number of hydrogen-bond acceptors (Lipinski definition) is 8. The number of nitrogens with one attached hydrogen (secondary N) is 1. The van der Waals surface area contributed by atoms with Crippen molar-refractivity contribution in [2.24, 2.45) is 0 Å². The van der Waals surface area contributed by atoms with Crippen LogP contribution in [0.3, 0.4) is 0 Å². The van der Waals surface area contributed by atoms with Gasteiger partial charge in [0, 0.05) is 5.56 Å². The van der Waals surface area contributed by atoms with Gasteiger partial charge in [-0.2, -0.15) is 5.26 Å². The Morgan fingerprint density at radius 3 is 2.51 bits per heavy atom. The second kappa shape index (κ2) is 12.3. The predicted octanol–water partition coefficient (Wildman–Crippen LogP) is 5.53. The third-order valence-corrected chi connectivity index (χ3v) is 6.11. The van der Waals surface area contributed by atoms with E-state index in [1.807, 2.05) is 67.6 Å². The fraction of sp³-hybridized carbons (Fsp3) is 0.143. The summed E-state index contributed by atoms with van der Waals surface area (Å²) in [4.78, 5) is 12.7. The Bertz CT molecular complexity index is 1440. The fourth-order valence-electron chi connectivity index (χ4n) is 3.40. The molecule has 4 aromatic rings. The first-order chi connectivity index (χ1) is 18.1. The highest BCUT2D eigenvalue weighted by Crippen LogP contribution is 2.30. The van der Waals surface area contributed by atoms with Gasteiger partial charge >= 0.3 is 0 Å². The minimum atomic E-state index is -0.577. The molecule has 0 fully saturated rings. The smallest absolute Gasteiger partial charge is 0.268 e. The SMILES string of the molecule is COc1cc(/C=C(/C#N)C(=O)Nc2nnc(-c3ccccc3C)s2)ccc1OCCOc1ccccc1. The summed E-state index contributed by atoms with van der Waals surface area (Å²) in [6.45, 7) is 2.66. The Kier molecular flexibility index (Phi) is 8.47. The molecule has 0 saturated carbocycles. The molecule has 1 N–H and O–H groups in total. The number of para-hydroxylation sites is 1. The van der Waals surface area contributed by atoms with Crippen molar-refractivity contribution in [3.63, 3.8) is 0 Å². The van der Waals surface area contributed by atoms with E-state index in [0.717, 1.165) is 16.9 Å². The molecule has 0 radical (unpaired) electrons. The Labute approximate surface area is 218 Å². The molecule has 8 nitrogen and oxygen atoms in total. The third kappa shape index (κ3) is 6.72. The van der Waals surface area contributed by atoms with Crippen molar-refractivity contribution in [3.8, 4) is 33.9 Å². The molecule has 0 atom stereocenters. The Hall–Kier alpha value is -4.68. The minimum Gasteiger partial charge on any atom is -0.493 e. The molecule has 3 aromatic carbocycles. The van der Waals surface area contributed by atoms with Gasteiger partial charge in [0.15, 0.2) is 11.5 Å². The molecule has 0 aliphatic heterocycles. The summed E-state index contributed by atoms with van der Waals surface area (Å²) in [6, 6.07) is 24.4. The molecule has 0 aliphatic rings. The number of rotatable bonds is 10. The van der Waals surface area contributed by atoms with E-state index in [4.69, 9.17) is 14.2 Å². The molecule has 4 rings (SSSR count). The molecule has 0 aliphatic carbocycles. The van der Waals surface area contributed by atoms with E-state index < -0.39 is 5.91 Å². The molecule has 186 valence electrons. The highest BCUT2D eigenvalue weighted by molar-refractivity contribution is 7.18. The van der Waals surface area contributed by atoms with Crippen LogP contribution in [0.1, 0.15) is 11.1 Å². The fourth-order valence-corrected chi connectivity index (χ4v) is 4.23. The van der Waals surface area contributed by atoms with Crippen LogP contribution in [0.5, 0.6) is 17.2 Å². The lowest BCUT2D eigenvalue weighted by Gasteiger charge is -2.12. The normalized spacial score (nSPS) is 10.9. The van der Waals surface area contributed by atoms with Gasteiger partial charge in [-0.05, 0) is 48.4 Å². The zero-order chi connectivity index (χ0) is 26.0. The van der Waals surface area contributed by atoms with Crippen LogP contribution in [-0.2, 0) is 4.79 Å². The molecular formula is C28H24N4O4S. The first kappa shape index (κ1) is 25.4. The van der Waals surface area contributed by atoms with Crippen LogP contribution in [0.25, 0.3) is 16.6 Å². The van der Waals surface area contributed by atoms with Gasteiger partial charge in [0.1, 0.15) is 35.6 Å². The van der Waals surface area contributed by atoms with Crippen molar-refractivity contribution in [2.75, 3.05) is 25.6 Å². The summed E-state index contributed by atoms with van der Waals surface area (Å²) in [5, 5.41) is 21.4. The van der Waals surface area contributed by atoms with Crippen molar-refractivity contribution in [1.82, 2.24) is 10.2 Å². The Morgan fingerprint density at radius 2 is 1.76 bits per heavy atom. The first-order valence-corrected chi connectivity index (χ1v) is 12.2. The molecule has 0 saturated heterocycles. The molecular weight excluding hydrogens is 488 g/mol. The molecule has 37 heavy (non-hydrogen) atoms. The average Bonchev–Trinajstić information content (AvgIpc) is 3.39. The summed E-state index contributed by atoms with van der Waals surface area (Å²) in [7, 11) is 1.52. The summed E-state index contributed by atoms with van der Waals surface area (Å²) in [5.41, 5.74) is 2.52. The van der Waals surface area contributed by atoms with Crippen molar-refractivity contribution >= 4 is 28.5 Å². The predicted molar refractivity (Wildman–Crippen MR) is 143 cm³/mol. The quantitative estimate of drug-likeness (QED) is 0.169. The first-order valence-electron chi connectivity index (χ1n) is 11.4. The number of aryl methyl sites for hydroxylation is 1. The lowest BCUT2D eigenvalue weighted by atomic mass is 10.1. The van der Waals surface area contributed by atoms with Crippen LogP contribution in [0, 0.1) is 18.3 Å². The number of benzene rings is 3. The molecule has 1 aromatic heterocycles. The van der Waals surface area contributed by atoms with Crippen molar-refractivity contribution < 1.29 is 19.0 Å². The highest BCUT2D eigenvalue weighted by Gasteiger charge is 2.15. The number of anilines is 1. The van der Waals surface area contributed by atoms with Gasteiger partial charge in [0.2, 0.25) is 5.13 Å². The van der Waals surface area contributed by atoms with Gasteiger partial charge in [-0.1, -0.05) is 59.9 Å². The molecule has 0 spiro atoms. The van der Waals surface area contributed by atoms with E-state index in [2.05, 4.69) is 15.5 Å². The monoisotopic (exact) mass is 512 g/mol.